The molecule has 3 aromatic rings. The average Bonchev–Trinajstić information content (AvgIpc) is 2.72. The van der Waals surface area contributed by atoms with E-state index in [4.69, 9.17) is 0 Å². The zero-order valence-corrected chi connectivity index (χ0v) is 15.7. The molecule has 0 saturated heterocycles. The number of carbonyl (C=O) groups excluding carboxylic acids is 1. The first-order chi connectivity index (χ1) is 13.6. The van der Waals surface area contributed by atoms with Crippen LogP contribution in [0.3, 0.4) is 0 Å². The third-order valence-electron chi connectivity index (χ3n) is 3.79. The molecule has 0 unspecified atom stereocenters. The van der Waals surface area contributed by atoms with Crippen molar-refractivity contribution in [2.24, 2.45) is 0 Å². The molecule has 1 heterocycles. The van der Waals surface area contributed by atoms with Gasteiger partial charge in [-0.05, 0) is 48.5 Å². The van der Waals surface area contributed by atoms with Gasteiger partial charge >= 0.3 is 0 Å². The molecule has 0 atom stereocenters. The summed E-state index contributed by atoms with van der Waals surface area (Å²) in [6.45, 7) is 0.942. The Labute approximate surface area is 166 Å². The fourth-order valence-corrected chi connectivity index (χ4v) is 3.16. The number of nitro benzene ring substituents is 1. The summed E-state index contributed by atoms with van der Waals surface area (Å²) >= 11 is 1.53. The molecule has 0 fully saturated rings. The van der Waals surface area contributed by atoms with Gasteiger partial charge in [-0.15, -0.1) is 0 Å². The van der Waals surface area contributed by atoms with Crippen LogP contribution in [0.15, 0.2) is 82.8 Å². The van der Waals surface area contributed by atoms with Gasteiger partial charge in [0.25, 0.3) is 11.6 Å². The molecule has 1 aromatic heterocycles. The number of amides is 1. The van der Waals surface area contributed by atoms with E-state index in [1.807, 2.05) is 30.3 Å². The predicted octanol–water partition coefficient (Wildman–Crippen LogP) is 3.98. The number of nitro groups is 1. The van der Waals surface area contributed by atoms with Crippen molar-refractivity contribution in [1.82, 2.24) is 10.3 Å². The van der Waals surface area contributed by atoms with Gasteiger partial charge in [0.05, 0.1) is 4.92 Å². The first kappa shape index (κ1) is 19.4. The molecular formula is C20H18N4O3S. The normalized spacial score (nSPS) is 10.3. The number of hydrogen-bond acceptors (Lipinski definition) is 6. The summed E-state index contributed by atoms with van der Waals surface area (Å²) in [6.07, 6.45) is 1.74. The maximum Gasteiger partial charge on any atom is 0.269 e. The van der Waals surface area contributed by atoms with Crippen molar-refractivity contribution in [2.45, 2.75) is 9.92 Å². The van der Waals surface area contributed by atoms with Crippen LogP contribution in [0.2, 0.25) is 0 Å². The summed E-state index contributed by atoms with van der Waals surface area (Å²) in [6, 6.07) is 19.2. The van der Waals surface area contributed by atoms with E-state index in [1.165, 1.54) is 23.9 Å². The molecule has 28 heavy (non-hydrogen) atoms. The minimum absolute atomic E-state index is 0.0449. The van der Waals surface area contributed by atoms with E-state index in [0.717, 1.165) is 15.6 Å². The van der Waals surface area contributed by atoms with Crippen LogP contribution in [0.5, 0.6) is 0 Å². The molecule has 0 radical (unpaired) electrons. The van der Waals surface area contributed by atoms with Gasteiger partial charge in [0, 0.05) is 47.6 Å². The number of nitrogens with zero attached hydrogens (tertiary/aromatic N) is 2. The molecule has 0 bridgehead atoms. The fourth-order valence-electron chi connectivity index (χ4n) is 2.39. The summed E-state index contributed by atoms with van der Waals surface area (Å²) in [5.41, 5.74) is 1.39. The predicted molar refractivity (Wildman–Crippen MR) is 109 cm³/mol. The van der Waals surface area contributed by atoms with Crippen molar-refractivity contribution < 1.29 is 9.72 Å². The molecule has 0 aliphatic heterocycles. The van der Waals surface area contributed by atoms with Gasteiger partial charge in [-0.25, -0.2) is 4.98 Å². The number of anilines is 1. The van der Waals surface area contributed by atoms with Crippen LogP contribution in [0.25, 0.3) is 0 Å². The Kier molecular flexibility index (Phi) is 6.59. The van der Waals surface area contributed by atoms with Crippen LogP contribution >= 0.6 is 11.8 Å². The Bertz CT molecular complexity index is 932. The highest BCUT2D eigenvalue weighted by Gasteiger charge is 2.06. The number of non-ortho nitro benzene ring substituents is 1. The maximum atomic E-state index is 12.2. The standard InChI is InChI=1S/C20H18N4O3S/c25-20(23-14-13-21-16-6-8-17(9-7-16)24(26)27)15-4-10-18(11-5-15)28-19-3-1-2-12-22-19/h1-12,21H,13-14H2,(H,23,25). The molecule has 1 amide bonds. The molecule has 0 spiro atoms. The van der Waals surface area contributed by atoms with E-state index < -0.39 is 4.92 Å². The van der Waals surface area contributed by atoms with Crippen molar-refractivity contribution in [1.29, 1.82) is 0 Å². The average molecular weight is 394 g/mol. The van der Waals surface area contributed by atoms with E-state index in [0.29, 0.717) is 18.7 Å². The quantitative estimate of drug-likeness (QED) is 0.341. The smallest absolute Gasteiger partial charge is 0.269 e. The zero-order chi connectivity index (χ0) is 19.8. The number of carbonyl (C=O) groups is 1. The topological polar surface area (TPSA) is 97.2 Å². The zero-order valence-electron chi connectivity index (χ0n) is 14.9. The Hall–Kier alpha value is -3.39. The Morgan fingerprint density at radius 2 is 1.75 bits per heavy atom. The highest BCUT2D eigenvalue weighted by molar-refractivity contribution is 7.99. The lowest BCUT2D eigenvalue weighted by Crippen LogP contribution is -2.28. The molecule has 2 aromatic carbocycles. The summed E-state index contributed by atoms with van der Waals surface area (Å²) in [5, 5.41) is 17.5. The van der Waals surface area contributed by atoms with Crippen molar-refractivity contribution in [3.63, 3.8) is 0 Å². The van der Waals surface area contributed by atoms with E-state index in [9.17, 15) is 14.9 Å². The summed E-state index contributed by atoms with van der Waals surface area (Å²) in [7, 11) is 0. The molecule has 142 valence electrons. The van der Waals surface area contributed by atoms with E-state index in [2.05, 4.69) is 15.6 Å². The molecule has 2 N–H and O–H groups in total. The number of benzene rings is 2. The summed E-state index contributed by atoms with van der Waals surface area (Å²) in [5.74, 6) is -0.153. The van der Waals surface area contributed by atoms with Crippen molar-refractivity contribution in [3.8, 4) is 0 Å². The minimum atomic E-state index is -0.440. The van der Waals surface area contributed by atoms with Gasteiger partial charge in [-0.3, -0.25) is 14.9 Å². The van der Waals surface area contributed by atoms with Crippen molar-refractivity contribution in [2.75, 3.05) is 18.4 Å². The van der Waals surface area contributed by atoms with Crippen molar-refractivity contribution in [3.05, 3.63) is 88.6 Å². The number of rotatable bonds is 8. The van der Waals surface area contributed by atoms with Crippen LogP contribution in [0.4, 0.5) is 11.4 Å². The molecule has 0 saturated carbocycles. The highest BCUT2D eigenvalue weighted by Crippen LogP contribution is 2.25. The van der Waals surface area contributed by atoms with Crippen molar-refractivity contribution >= 4 is 29.0 Å². The summed E-state index contributed by atoms with van der Waals surface area (Å²) in [4.78, 5) is 27.7. The van der Waals surface area contributed by atoms with Crippen LogP contribution in [0.1, 0.15) is 10.4 Å². The van der Waals surface area contributed by atoms with Crippen LogP contribution in [0, 0.1) is 10.1 Å². The van der Waals surface area contributed by atoms with Gasteiger partial charge in [-0.1, -0.05) is 17.8 Å². The lowest BCUT2D eigenvalue weighted by molar-refractivity contribution is -0.384. The van der Waals surface area contributed by atoms with Crippen LogP contribution < -0.4 is 10.6 Å². The van der Waals surface area contributed by atoms with E-state index in [-0.39, 0.29) is 11.6 Å². The number of nitrogens with one attached hydrogen (secondary N) is 2. The van der Waals surface area contributed by atoms with Gasteiger partial charge in [0.2, 0.25) is 0 Å². The molecule has 3 rings (SSSR count). The van der Waals surface area contributed by atoms with Gasteiger partial charge in [0.15, 0.2) is 0 Å². The second-order valence-corrected chi connectivity index (χ2v) is 6.87. The molecule has 7 nitrogen and oxygen atoms in total. The third-order valence-corrected chi connectivity index (χ3v) is 4.75. The highest BCUT2D eigenvalue weighted by atomic mass is 32.2. The van der Waals surface area contributed by atoms with Gasteiger partial charge in [-0.2, -0.15) is 0 Å². The van der Waals surface area contributed by atoms with Crippen LogP contribution in [-0.2, 0) is 0 Å². The Morgan fingerprint density at radius 1 is 1.00 bits per heavy atom. The van der Waals surface area contributed by atoms with E-state index >= 15 is 0 Å². The monoisotopic (exact) mass is 394 g/mol. The number of pyridine rings is 1. The molecule has 0 aliphatic carbocycles. The molecule has 0 aliphatic rings. The Balaban J connectivity index is 1.43. The second-order valence-electron chi connectivity index (χ2n) is 5.78. The first-order valence-corrected chi connectivity index (χ1v) is 9.39. The van der Waals surface area contributed by atoms with E-state index in [1.54, 1.807) is 30.5 Å². The minimum Gasteiger partial charge on any atom is -0.383 e. The molecule has 8 heteroatoms. The van der Waals surface area contributed by atoms with Crippen LogP contribution in [-0.4, -0.2) is 28.9 Å². The molecular weight excluding hydrogens is 376 g/mol. The summed E-state index contributed by atoms with van der Waals surface area (Å²) < 4.78 is 0. The third kappa shape index (κ3) is 5.55. The second kappa shape index (κ2) is 9.52. The van der Waals surface area contributed by atoms with Gasteiger partial charge < -0.3 is 10.6 Å². The van der Waals surface area contributed by atoms with Gasteiger partial charge in [0.1, 0.15) is 5.03 Å². The Morgan fingerprint density at radius 3 is 2.39 bits per heavy atom. The largest absolute Gasteiger partial charge is 0.383 e. The fraction of sp³-hybridized carbons (Fsp3) is 0.100. The SMILES string of the molecule is O=C(NCCNc1ccc([N+](=O)[O-])cc1)c1ccc(Sc2ccccn2)cc1. The lowest BCUT2D eigenvalue weighted by Gasteiger charge is -2.08. The maximum absolute atomic E-state index is 12.2. The number of hydrogen-bond donors (Lipinski definition) is 2. The first-order valence-electron chi connectivity index (χ1n) is 8.57. The lowest BCUT2D eigenvalue weighted by atomic mass is 10.2. The number of aromatic nitrogens is 1.